The summed E-state index contributed by atoms with van der Waals surface area (Å²) < 4.78 is 5.42. The van der Waals surface area contributed by atoms with Crippen LogP contribution in [0.3, 0.4) is 0 Å². The van der Waals surface area contributed by atoms with Gasteiger partial charge in [0.1, 0.15) is 5.75 Å². The summed E-state index contributed by atoms with van der Waals surface area (Å²) in [6.45, 7) is 2.96. The van der Waals surface area contributed by atoms with Gasteiger partial charge in [0.05, 0.1) is 16.7 Å². The molecule has 0 fully saturated rings. The van der Waals surface area contributed by atoms with Crippen molar-refractivity contribution in [3.8, 4) is 16.9 Å². The molecule has 0 spiro atoms. The summed E-state index contributed by atoms with van der Waals surface area (Å²) in [6.07, 6.45) is 0. The van der Waals surface area contributed by atoms with Gasteiger partial charge in [-0.3, -0.25) is 0 Å². The highest BCUT2D eigenvalue weighted by Gasteiger charge is 2.10. The van der Waals surface area contributed by atoms with E-state index in [1.54, 1.807) is 6.07 Å². The summed E-state index contributed by atoms with van der Waals surface area (Å²) in [5.74, 6) is 0.605. The number of nitrogens with two attached hydrogens (primary N) is 1. The Morgan fingerprint density at radius 3 is 2.58 bits per heavy atom. The Labute approximate surface area is 123 Å². The van der Waals surface area contributed by atoms with Crippen molar-refractivity contribution < 1.29 is 4.74 Å². The van der Waals surface area contributed by atoms with Crippen LogP contribution in [0.25, 0.3) is 11.1 Å². The Morgan fingerprint density at radius 2 is 1.89 bits per heavy atom. The minimum atomic E-state index is 0.496. The molecule has 2 nitrogen and oxygen atoms in total. The molecule has 0 aliphatic rings. The van der Waals surface area contributed by atoms with Crippen molar-refractivity contribution in [2.45, 2.75) is 13.5 Å². The van der Waals surface area contributed by atoms with E-state index >= 15 is 0 Å². The summed E-state index contributed by atoms with van der Waals surface area (Å²) >= 11 is 12.5. The highest BCUT2D eigenvalue weighted by molar-refractivity contribution is 6.36. The average molecular weight is 296 g/mol. The molecule has 2 aromatic rings. The molecule has 4 heteroatoms. The van der Waals surface area contributed by atoms with Crippen molar-refractivity contribution in [3.05, 3.63) is 52.0 Å². The van der Waals surface area contributed by atoms with E-state index in [9.17, 15) is 0 Å². The Balaban J connectivity index is 2.47. The van der Waals surface area contributed by atoms with E-state index in [4.69, 9.17) is 33.7 Å². The Kier molecular flexibility index (Phi) is 4.70. The summed E-state index contributed by atoms with van der Waals surface area (Å²) in [5, 5.41) is 1.17. The lowest BCUT2D eigenvalue weighted by Crippen LogP contribution is -1.96. The van der Waals surface area contributed by atoms with Gasteiger partial charge in [0, 0.05) is 18.2 Å². The van der Waals surface area contributed by atoms with Crippen LogP contribution in [-0.2, 0) is 6.54 Å². The van der Waals surface area contributed by atoms with Crippen LogP contribution < -0.4 is 10.5 Å². The summed E-state index contributed by atoms with van der Waals surface area (Å²) in [4.78, 5) is 0. The minimum absolute atomic E-state index is 0.496. The van der Waals surface area contributed by atoms with Gasteiger partial charge in [-0.2, -0.15) is 0 Å². The quantitative estimate of drug-likeness (QED) is 0.900. The lowest BCUT2D eigenvalue weighted by molar-refractivity contribution is 0.340. The zero-order valence-corrected chi connectivity index (χ0v) is 12.1. The van der Waals surface area contributed by atoms with Crippen molar-refractivity contribution in [2.24, 2.45) is 5.73 Å². The molecule has 0 atom stereocenters. The first-order chi connectivity index (χ1) is 9.15. The van der Waals surface area contributed by atoms with Gasteiger partial charge in [-0.25, -0.2) is 0 Å². The van der Waals surface area contributed by atoms with Gasteiger partial charge >= 0.3 is 0 Å². The normalized spacial score (nSPS) is 10.5. The fourth-order valence-electron chi connectivity index (χ4n) is 1.88. The van der Waals surface area contributed by atoms with E-state index < -0.39 is 0 Å². The van der Waals surface area contributed by atoms with E-state index in [1.807, 2.05) is 37.3 Å². The number of rotatable bonds is 4. The Hall–Kier alpha value is -1.22. The van der Waals surface area contributed by atoms with E-state index in [2.05, 4.69) is 0 Å². The number of hydrogen-bond donors (Lipinski definition) is 1. The molecule has 0 saturated carbocycles. The predicted octanol–water partition coefficient (Wildman–Crippen LogP) is 4.52. The topological polar surface area (TPSA) is 35.2 Å². The van der Waals surface area contributed by atoms with Gasteiger partial charge in [0.15, 0.2) is 0 Å². The van der Waals surface area contributed by atoms with Gasteiger partial charge in [-0.05, 0) is 30.2 Å². The average Bonchev–Trinajstić information content (AvgIpc) is 2.43. The highest BCUT2D eigenvalue weighted by Crippen LogP contribution is 2.37. The summed E-state index contributed by atoms with van der Waals surface area (Å²) in [5.41, 5.74) is 8.58. The van der Waals surface area contributed by atoms with E-state index in [0.717, 1.165) is 16.7 Å². The van der Waals surface area contributed by atoms with E-state index in [1.165, 1.54) is 0 Å². The predicted molar refractivity (Wildman–Crippen MR) is 81.0 cm³/mol. The second-order valence-electron chi connectivity index (χ2n) is 4.10. The van der Waals surface area contributed by atoms with Gasteiger partial charge < -0.3 is 10.5 Å². The monoisotopic (exact) mass is 295 g/mol. The van der Waals surface area contributed by atoms with Crippen LogP contribution in [0, 0.1) is 0 Å². The second kappa shape index (κ2) is 6.29. The number of hydrogen-bond acceptors (Lipinski definition) is 2. The van der Waals surface area contributed by atoms with Crippen LogP contribution in [0.1, 0.15) is 12.5 Å². The molecule has 2 rings (SSSR count). The standard InChI is InChI=1S/C15H15Cl2NO/c1-2-19-15-8-13(16)12(7-14(15)17)11-5-3-4-10(6-11)9-18/h3-8H,2,9,18H2,1H3. The molecule has 19 heavy (non-hydrogen) atoms. The maximum Gasteiger partial charge on any atom is 0.139 e. The first-order valence-corrected chi connectivity index (χ1v) is 6.82. The molecule has 0 radical (unpaired) electrons. The van der Waals surface area contributed by atoms with E-state index in [0.29, 0.717) is 28.9 Å². The zero-order valence-electron chi connectivity index (χ0n) is 10.6. The van der Waals surface area contributed by atoms with Crippen molar-refractivity contribution in [1.82, 2.24) is 0 Å². The van der Waals surface area contributed by atoms with Crippen molar-refractivity contribution in [1.29, 1.82) is 0 Å². The van der Waals surface area contributed by atoms with Crippen LogP contribution in [0.15, 0.2) is 36.4 Å². The van der Waals surface area contributed by atoms with Crippen LogP contribution in [0.5, 0.6) is 5.75 Å². The second-order valence-corrected chi connectivity index (χ2v) is 4.91. The molecule has 0 heterocycles. The lowest BCUT2D eigenvalue weighted by atomic mass is 10.0. The Morgan fingerprint density at radius 1 is 1.11 bits per heavy atom. The van der Waals surface area contributed by atoms with Crippen LogP contribution >= 0.6 is 23.2 Å². The van der Waals surface area contributed by atoms with Crippen LogP contribution in [0.2, 0.25) is 10.0 Å². The van der Waals surface area contributed by atoms with Crippen LogP contribution in [-0.4, -0.2) is 6.61 Å². The third kappa shape index (κ3) is 3.21. The van der Waals surface area contributed by atoms with Crippen molar-refractivity contribution >= 4 is 23.2 Å². The van der Waals surface area contributed by atoms with Gasteiger partial charge in [0.2, 0.25) is 0 Å². The SMILES string of the molecule is CCOc1cc(Cl)c(-c2cccc(CN)c2)cc1Cl. The van der Waals surface area contributed by atoms with Gasteiger partial charge in [-0.15, -0.1) is 0 Å². The number of benzene rings is 2. The van der Waals surface area contributed by atoms with Crippen molar-refractivity contribution in [2.75, 3.05) is 6.61 Å². The van der Waals surface area contributed by atoms with Crippen LogP contribution in [0.4, 0.5) is 0 Å². The molecule has 0 bridgehead atoms. The highest BCUT2D eigenvalue weighted by atomic mass is 35.5. The first kappa shape index (κ1) is 14.2. The first-order valence-electron chi connectivity index (χ1n) is 6.07. The third-order valence-electron chi connectivity index (χ3n) is 2.80. The molecule has 0 amide bonds. The maximum atomic E-state index is 6.30. The lowest BCUT2D eigenvalue weighted by Gasteiger charge is -2.11. The largest absolute Gasteiger partial charge is 0.492 e. The molecule has 0 aliphatic heterocycles. The summed E-state index contributed by atoms with van der Waals surface area (Å²) in [7, 11) is 0. The molecule has 2 aromatic carbocycles. The van der Waals surface area contributed by atoms with Gasteiger partial charge in [-0.1, -0.05) is 41.4 Å². The summed E-state index contributed by atoms with van der Waals surface area (Å²) in [6, 6.07) is 11.5. The van der Waals surface area contributed by atoms with E-state index in [-0.39, 0.29) is 0 Å². The smallest absolute Gasteiger partial charge is 0.139 e. The molecule has 0 unspecified atom stereocenters. The molecule has 0 aliphatic carbocycles. The molecular weight excluding hydrogens is 281 g/mol. The van der Waals surface area contributed by atoms with Gasteiger partial charge in [0.25, 0.3) is 0 Å². The Bertz CT molecular complexity index is 584. The fraction of sp³-hybridized carbons (Fsp3) is 0.200. The molecule has 0 aromatic heterocycles. The molecule has 0 saturated heterocycles. The zero-order chi connectivity index (χ0) is 13.8. The molecule has 2 N–H and O–H groups in total. The fourth-order valence-corrected chi connectivity index (χ4v) is 2.36. The minimum Gasteiger partial charge on any atom is -0.492 e. The number of halogens is 2. The number of ether oxygens (including phenoxy) is 1. The molecular formula is C15H15Cl2NO. The third-order valence-corrected chi connectivity index (χ3v) is 3.40. The molecule has 100 valence electrons. The maximum absolute atomic E-state index is 6.30. The van der Waals surface area contributed by atoms with Crippen molar-refractivity contribution in [3.63, 3.8) is 0 Å².